The third kappa shape index (κ3) is 4.74. The first-order valence-corrected chi connectivity index (χ1v) is 8.52. The van der Waals surface area contributed by atoms with Crippen LogP contribution in [0.25, 0.3) is 0 Å². The first kappa shape index (κ1) is 15.2. The Hall–Kier alpha value is -1.17. The number of thioether (sulfide) groups is 1. The maximum atomic E-state index is 11.8. The quantitative estimate of drug-likeness (QED) is 0.791. The Kier molecular flexibility index (Phi) is 5.76. The molecule has 0 aliphatic heterocycles. The maximum absolute atomic E-state index is 11.8. The van der Waals surface area contributed by atoms with Crippen molar-refractivity contribution in [1.82, 2.24) is 20.4 Å². The molecule has 1 heterocycles. The summed E-state index contributed by atoms with van der Waals surface area (Å²) in [5, 5.41) is 10.9. The number of urea groups is 1. The van der Waals surface area contributed by atoms with Gasteiger partial charge in [-0.05, 0) is 44.4 Å². The summed E-state index contributed by atoms with van der Waals surface area (Å²) in [5.41, 5.74) is 1.17. The molecule has 0 radical (unpaired) electrons. The van der Waals surface area contributed by atoms with Crippen LogP contribution in [0.5, 0.6) is 0 Å². The summed E-state index contributed by atoms with van der Waals surface area (Å²) >= 11 is 1.90. The van der Waals surface area contributed by atoms with Crippen molar-refractivity contribution < 1.29 is 4.79 Å². The number of nitrogens with zero attached hydrogens (tertiary/aromatic N) is 2. The number of nitrogens with one attached hydrogen (secondary N) is 2. The van der Waals surface area contributed by atoms with Crippen molar-refractivity contribution in [3.8, 4) is 0 Å². The van der Waals surface area contributed by atoms with Gasteiger partial charge < -0.3 is 10.6 Å². The summed E-state index contributed by atoms with van der Waals surface area (Å²) in [6.07, 6.45) is 10.3. The fourth-order valence-electron chi connectivity index (χ4n) is 2.55. The molecule has 0 bridgehead atoms. The van der Waals surface area contributed by atoms with Crippen molar-refractivity contribution in [2.45, 2.75) is 50.4 Å². The largest absolute Gasteiger partial charge is 0.338 e. The number of carbonyl (C=O) groups excluding carboxylic acids is 1. The van der Waals surface area contributed by atoms with E-state index < -0.39 is 0 Å². The molecule has 2 N–H and O–H groups in total. The van der Waals surface area contributed by atoms with E-state index in [-0.39, 0.29) is 6.03 Å². The van der Waals surface area contributed by atoms with E-state index in [9.17, 15) is 4.79 Å². The van der Waals surface area contributed by atoms with Crippen LogP contribution in [0.4, 0.5) is 4.79 Å². The summed E-state index contributed by atoms with van der Waals surface area (Å²) in [6, 6.07) is 0.314. The zero-order valence-electron chi connectivity index (χ0n) is 12.3. The SMILES string of the molecule is CS[C@@H]1CC[C@@H](NC(=O)NCCCn2cc(C)cn2)C1. The molecule has 0 spiro atoms. The van der Waals surface area contributed by atoms with Gasteiger partial charge >= 0.3 is 6.03 Å². The average Bonchev–Trinajstić information content (AvgIpc) is 3.04. The molecule has 0 aromatic carbocycles. The highest BCUT2D eigenvalue weighted by atomic mass is 32.2. The fraction of sp³-hybridized carbons (Fsp3) is 0.714. The summed E-state index contributed by atoms with van der Waals surface area (Å²) in [7, 11) is 0. The third-order valence-electron chi connectivity index (χ3n) is 3.66. The molecule has 112 valence electrons. The molecule has 5 nitrogen and oxygen atoms in total. The van der Waals surface area contributed by atoms with Crippen LogP contribution in [0.3, 0.4) is 0 Å². The minimum atomic E-state index is -0.0339. The second-order valence-electron chi connectivity index (χ2n) is 5.40. The van der Waals surface area contributed by atoms with Crippen LogP contribution in [0.15, 0.2) is 12.4 Å². The predicted octanol–water partition coefficient (Wildman–Crippen LogP) is 2.16. The Morgan fingerprint density at radius 2 is 2.40 bits per heavy atom. The van der Waals surface area contributed by atoms with Crippen LogP contribution < -0.4 is 10.6 Å². The van der Waals surface area contributed by atoms with Crippen molar-refractivity contribution in [3.05, 3.63) is 18.0 Å². The van der Waals surface area contributed by atoms with Crippen LogP contribution >= 0.6 is 11.8 Å². The Morgan fingerprint density at radius 1 is 1.55 bits per heavy atom. The van der Waals surface area contributed by atoms with Crippen molar-refractivity contribution in [2.24, 2.45) is 0 Å². The number of amides is 2. The number of aryl methyl sites for hydroxylation is 2. The van der Waals surface area contributed by atoms with Gasteiger partial charge in [-0.1, -0.05) is 0 Å². The van der Waals surface area contributed by atoms with Crippen molar-refractivity contribution in [2.75, 3.05) is 12.8 Å². The number of rotatable bonds is 6. The molecule has 2 rings (SSSR count). The van der Waals surface area contributed by atoms with E-state index in [0.717, 1.165) is 25.8 Å². The first-order valence-electron chi connectivity index (χ1n) is 7.23. The second-order valence-corrected chi connectivity index (χ2v) is 6.54. The topological polar surface area (TPSA) is 59.0 Å². The summed E-state index contributed by atoms with van der Waals surface area (Å²) in [4.78, 5) is 11.8. The lowest BCUT2D eigenvalue weighted by Crippen LogP contribution is -2.41. The first-order chi connectivity index (χ1) is 9.67. The second kappa shape index (κ2) is 7.57. The van der Waals surface area contributed by atoms with Gasteiger partial charge in [0.15, 0.2) is 0 Å². The zero-order chi connectivity index (χ0) is 14.4. The molecule has 1 saturated carbocycles. The van der Waals surface area contributed by atoms with Gasteiger partial charge in [-0.15, -0.1) is 0 Å². The molecule has 2 atom stereocenters. The van der Waals surface area contributed by atoms with Crippen molar-refractivity contribution >= 4 is 17.8 Å². The van der Waals surface area contributed by atoms with Crippen LogP contribution in [-0.4, -0.2) is 39.9 Å². The lowest BCUT2D eigenvalue weighted by molar-refractivity contribution is 0.237. The minimum absolute atomic E-state index is 0.0339. The highest BCUT2D eigenvalue weighted by Crippen LogP contribution is 2.27. The molecule has 20 heavy (non-hydrogen) atoms. The van der Waals surface area contributed by atoms with Crippen LogP contribution in [0.2, 0.25) is 0 Å². The van der Waals surface area contributed by atoms with Crippen LogP contribution in [0, 0.1) is 6.92 Å². The van der Waals surface area contributed by atoms with Gasteiger partial charge in [0.2, 0.25) is 0 Å². The zero-order valence-corrected chi connectivity index (χ0v) is 13.1. The van der Waals surface area contributed by atoms with E-state index in [1.165, 1.54) is 12.0 Å². The van der Waals surface area contributed by atoms with Crippen LogP contribution in [-0.2, 0) is 6.54 Å². The van der Waals surface area contributed by atoms with E-state index in [1.54, 1.807) is 0 Å². The Bertz CT molecular complexity index is 435. The monoisotopic (exact) mass is 296 g/mol. The lowest BCUT2D eigenvalue weighted by atomic mass is 10.2. The van der Waals surface area contributed by atoms with Gasteiger partial charge in [0.05, 0.1) is 6.20 Å². The summed E-state index contributed by atoms with van der Waals surface area (Å²) < 4.78 is 1.91. The van der Waals surface area contributed by atoms with E-state index in [1.807, 2.05) is 35.8 Å². The van der Waals surface area contributed by atoms with Gasteiger partial charge in [-0.25, -0.2) is 4.79 Å². The smallest absolute Gasteiger partial charge is 0.315 e. The molecule has 6 heteroatoms. The number of hydrogen-bond acceptors (Lipinski definition) is 3. The minimum Gasteiger partial charge on any atom is -0.338 e. The van der Waals surface area contributed by atoms with Gasteiger partial charge in [0.1, 0.15) is 0 Å². The molecular weight excluding hydrogens is 272 g/mol. The van der Waals surface area contributed by atoms with E-state index in [2.05, 4.69) is 22.0 Å². The summed E-state index contributed by atoms with van der Waals surface area (Å²) in [6.45, 7) is 3.55. The van der Waals surface area contributed by atoms with Gasteiger partial charge in [-0.3, -0.25) is 4.68 Å². The van der Waals surface area contributed by atoms with Crippen LogP contribution in [0.1, 0.15) is 31.2 Å². The van der Waals surface area contributed by atoms with Gasteiger partial charge in [0, 0.05) is 30.6 Å². The number of carbonyl (C=O) groups is 1. The Labute approximate surface area is 124 Å². The Balaban J connectivity index is 1.56. The van der Waals surface area contributed by atoms with Crippen molar-refractivity contribution in [1.29, 1.82) is 0 Å². The standard InChI is InChI=1S/C14H24N4OS/c1-11-9-16-18(10-11)7-3-6-15-14(19)17-12-4-5-13(8-12)20-2/h9-10,12-13H,3-8H2,1-2H3,(H2,15,17,19)/t12-,13-/m1/s1. The van der Waals surface area contributed by atoms with Gasteiger partial charge in [-0.2, -0.15) is 16.9 Å². The normalized spacial score (nSPS) is 21.9. The van der Waals surface area contributed by atoms with E-state index in [0.29, 0.717) is 17.8 Å². The number of aromatic nitrogens is 2. The number of hydrogen-bond donors (Lipinski definition) is 2. The maximum Gasteiger partial charge on any atom is 0.315 e. The highest BCUT2D eigenvalue weighted by Gasteiger charge is 2.24. The fourth-order valence-corrected chi connectivity index (χ4v) is 3.35. The average molecular weight is 296 g/mol. The molecule has 1 aliphatic carbocycles. The van der Waals surface area contributed by atoms with Gasteiger partial charge in [0.25, 0.3) is 0 Å². The molecule has 1 fully saturated rings. The lowest BCUT2D eigenvalue weighted by Gasteiger charge is -2.13. The molecular formula is C14H24N4OS. The molecule has 0 unspecified atom stereocenters. The molecule has 1 aromatic heterocycles. The molecule has 1 aromatic rings. The highest BCUT2D eigenvalue weighted by molar-refractivity contribution is 7.99. The predicted molar refractivity (Wildman–Crippen MR) is 83.1 cm³/mol. The molecule has 0 saturated heterocycles. The van der Waals surface area contributed by atoms with E-state index in [4.69, 9.17) is 0 Å². The summed E-state index contributed by atoms with van der Waals surface area (Å²) in [5.74, 6) is 0. The molecule has 1 aliphatic rings. The van der Waals surface area contributed by atoms with Crippen molar-refractivity contribution in [3.63, 3.8) is 0 Å². The Morgan fingerprint density at radius 3 is 3.05 bits per heavy atom. The third-order valence-corrected chi connectivity index (χ3v) is 4.76. The van der Waals surface area contributed by atoms with E-state index >= 15 is 0 Å². The molecule has 2 amide bonds.